The highest BCUT2D eigenvalue weighted by Crippen LogP contribution is 2.18. The summed E-state index contributed by atoms with van der Waals surface area (Å²) in [4.78, 5) is 21.3. The van der Waals surface area contributed by atoms with E-state index in [1.165, 1.54) is 12.1 Å². The van der Waals surface area contributed by atoms with E-state index in [-0.39, 0.29) is 11.3 Å². The van der Waals surface area contributed by atoms with Crippen LogP contribution in [0.4, 0.5) is 5.69 Å². The molecule has 0 saturated heterocycles. The first-order valence-corrected chi connectivity index (χ1v) is 7.31. The third kappa shape index (κ3) is 4.67. The van der Waals surface area contributed by atoms with Crippen LogP contribution in [-0.4, -0.2) is 22.6 Å². The van der Waals surface area contributed by atoms with Crippen LogP contribution in [0.25, 0.3) is 0 Å². The first-order valence-electron chi connectivity index (χ1n) is 7.31. The van der Waals surface area contributed by atoms with Crippen LogP contribution in [-0.2, 0) is 6.42 Å². The van der Waals surface area contributed by atoms with Gasteiger partial charge in [0.2, 0.25) is 0 Å². The molecule has 0 atom stereocenters. The van der Waals surface area contributed by atoms with E-state index in [0.29, 0.717) is 18.8 Å². The van der Waals surface area contributed by atoms with E-state index in [1.54, 1.807) is 36.4 Å². The number of carbonyl (C=O) groups is 1. The first kappa shape index (κ1) is 17.2. The molecule has 0 saturated carbocycles. The van der Waals surface area contributed by atoms with Crippen LogP contribution in [0.3, 0.4) is 0 Å². The van der Waals surface area contributed by atoms with Crippen LogP contribution in [0.1, 0.15) is 22.8 Å². The van der Waals surface area contributed by atoms with Gasteiger partial charge in [0.05, 0.1) is 10.5 Å². The van der Waals surface area contributed by atoms with Crippen LogP contribution in [0.15, 0.2) is 60.2 Å². The topological polar surface area (TPSA) is 89.7 Å². The Hall–Kier alpha value is -3.15. The molecule has 0 radical (unpaired) electrons. The lowest BCUT2D eigenvalue weighted by atomic mass is 10.0. The Bertz CT molecular complexity index is 765. The zero-order chi connectivity index (χ0) is 17.5. The van der Waals surface area contributed by atoms with Crippen molar-refractivity contribution in [3.63, 3.8) is 0 Å². The molecule has 0 aliphatic heterocycles. The number of aromatic carboxylic acids is 1. The number of rotatable bonds is 7. The first-order chi connectivity index (χ1) is 11.5. The molecule has 0 unspecified atom stereocenters. The molecule has 2 aromatic rings. The Labute approximate surface area is 139 Å². The number of carboxylic acids is 1. The monoisotopic (exact) mass is 327 g/mol. The van der Waals surface area contributed by atoms with Gasteiger partial charge in [-0.1, -0.05) is 24.3 Å². The number of ether oxygens (including phenoxy) is 1. The summed E-state index contributed by atoms with van der Waals surface area (Å²) in [5.74, 6) is -0.405. The van der Waals surface area contributed by atoms with Crippen molar-refractivity contribution in [3.05, 3.63) is 81.4 Å². The minimum absolute atomic E-state index is 0.0138. The fourth-order valence-corrected chi connectivity index (χ4v) is 2.11. The van der Waals surface area contributed by atoms with E-state index in [2.05, 4.69) is 0 Å². The van der Waals surface area contributed by atoms with E-state index in [9.17, 15) is 14.9 Å². The number of carboxylic acid groups (broad SMARTS) is 1. The highest BCUT2D eigenvalue weighted by Gasteiger charge is 2.08. The van der Waals surface area contributed by atoms with E-state index in [1.807, 2.05) is 13.0 Å². The highest BCUT2D eigenvalue weighted by molar-refractivity contribution is 5.89. The van der Waals surface area contributed by atoms with Gasteiger partial charge in [0.15, 0.2) is 0 Å². The van der Waals surface area contributed by atoms with Crippen LogP contribution in [0.5, 0.6) is 5.75 Å². The molecule has 24 heavy (non-hydrogen) atoms. The second-order valence-corrected chi connectivity index (χ2v) is 5.26. The van der Waals surface area contributed by atoms with Crippen molar-refractivity contribution in [1.29, 1.82) is 0 Å². The fraction of sp³-hybridized carbons (Fsp3) is 0.167. The van der Waals surface area contributed by atoms with Gasteiger partial charge in [-0.2, -0.15) is 0 Å². The third-order valence-corrected chi connectivity index (χ3v) is 3.43. The SMILES string of the molecule is CC(=CCc1ccccc1C(=O)O)COc1ccc([N+](=O)[O-])cc1. The lowest BCUT2D eigenvalue weighted by Gasteiger charge is -2.07. The highest BCUT2D eigenvalue weighted by atomic mass is 16.6. The van der Waals surface area contributed by atoms with E-state index in [4.69, 9.17) is 9.84 Å². The van der Waals surface area contributed by atoms with E-state index < -0.39 is 10.9 Å². The second kappa shape index (κ2) is 7.92. The minimum atomic E-state index is -0.946. The quantitative estimate of drug-likeness (QED) is 0.474. The molecular weight excluding hydrogens is 310 g/mol. The average Bonchev–Trinajstić information content (AvgIpc) is 2.58. The van der Waals surface area contributed by atoms with Crippen molar-refractivity contribution < 1.29 is 19.6 Å². The predicted molar refractivity (Wildman–Crippen MR) is 89.5 cm³/mol. The lowest BCUT2D eigenvalue weighted by molar-refractivity contribution is -0.384. The summed E-state index contributed by atoms with van der Waals surface area (Å²) in [5, 5.41) is 19.7. The van der Waals surface area contributed by atoms with Gasteiger partial charge in [0.25, 0.3) is 5.69 Å². The van der Waals surface area contributed by atoms with Crippen LogP contribution >= 0.6 is 0 Å². The summed E-state index contributed by atoms with van der Waals surface area (Å²) in [6.45, 7) is 2.21. The Morgan fingerprint density at radius 2 is 1.88 bits per heavy atom. The molecule has 0 aliphatic carbocycles. The zero-order valence-corrected chi connectivity index (χ0v) is 13.1. The number of nitrogens with zero attached hydrogens (tertiary/aromatic N) is 1. The molecule has 0 heterocycles. The molecule has 0 aliphatic rings. The van der Waals surface area contributed by atoms with E-state index in [0.717, 1.165) is 11.1 Å². The standard InChI is InChI=1S/C18H17NO5/c1-13(6-7-14-4-2-3-5-17(14)18(20)21)12-24-16-10-8-15(9-11-16)19(22)23/h2-6,8-11H,7,12H2,1H3,(H,20,21). The number of nitro benzene ring substituents is 1. The number of hydrogen-bond acceptors (Lipinski definition) is 4. The molecular formula is C18H17NO5. The van der Waals surface area contributed by atoms with Gasteiger partial charge < -0.3 is 9.84 Å². The predicted octanol–water partition coefficient (Wildman–Crippen LogP) is 3.86. The van der Waals surface area contributed by atoms with Gasteiger partial charge in [0.1, 0.15) is 12.4 Å². The fourth-order valence-electron chi connectivity index (χ4n) is 2.11. The molecule has 0 amide bonds. The average molecular weight is 327 g/mol. The summed E-state index contributed by atoms with van der Waals surface area (Å²) in [7, 11) is 0. The number of allylic oxidation sites excluding steroid dienone is 1. The lowest BCUT2D eigenvalue weighted by Crippen LogP contribution is -2.03. The molecule has 124 valence electrons. The van der Waals surface area contributed by atoms with Crippen molar-refractivity contribution in [3.8, 4) is 5.75 Å². The Kier molecular flexibility index (Phi) is 5.68. The van der Waals surface area contributed by atoms with Crippen molar-refractivity contribution >= 4 is 11.7 Å². The summed E-state index contributed by atoms with van der Waals surface area (Å²) >= 11 is 0. The largest absolute Gasteiger partial charge is 0.489 e. The molecule has 0 spiro atoms. The van der Waals surface area contributed by atoms with Crippen molar-refractivity contribution in [2.24, 2.45) is 0 Å². The molecule has 0 aromatic heterocycles. The Morgan fingerprint density at radius 1 is 1.21 bits per heavy atom. The molecule has 2 aromatic carbocycles. The van der Waals surface area contributed by atoms with Crippen molar-refractivity contribution in [2.45, 2.75) is 13.3 Å². The summed E-state index contributed by atoms with van der Waals surface area (Å²) < 4.78 is 5.56. The summed E-state index contributed by atoms with van der Waals surface area (Å²) in [5.41, 5.74) is 1.98. The van der Waals surface area contributed by atoms with Gasteiger partial charge in [-0.15, -0.1) is 0 Å². The maximum atomic E-state index is 11.2. The summed E-state index contributed by atoms with van der Waals surface area (Å²) in [6.07, 6.45) is 2.41. The number of hydrogen-bond donors (Lipinski definition) is 1. The third-order valence-electron chi connectivity index (χ3n) is 3.43. The molecule has 0 bridgehead atoms. The van der Waals surface area contributed by atoms with Crippen LogP contribution < -0.4 is 4.74 Å². The van der Waals surface area contributed by atoms with Crippen LogP contribution in [0, 0.1) is 10.1 Å². The molecule has 6 heteroatoms. The Balaban J connectivity index is 1.95. The van der Waals surface area contributed by atoms with E-state index >= 15 is 0 Å². The number of nitro groups is 1. The molecule has 0 fully saturated rings. The maximum absolute atomic E-state index is 11.2. The zero-order valence-electron chi connectivity index (χ0n) is 13.1. The normalized spacial score (nSPS) is 11.1. The van der Waals surface area contributed by atoms with Gasteiger partial charge in [-0.05, 0) is 42.7 Å². The number of non-ortho nitro benzene ring substituents is 1. The Morgan fingerprint density at radius 3 is 2.50 bits per heavy atom. The van der Waals surface area contributed by atoms with Crippen LogP contribution in [0.2, 0.25) is 0 Å². The second-order valence-electron chi connectivity index (χ2n) is 5.26. The molecule has 1 N–H and O–H groups in total. The maximum Gasteiger partial charge on any atom is 0.335 e. The van der Waals surface area contributed by atoms with Gasteiger partial charge in [0, 0.05) is 12.1 Å². The summed E-state index contributed by atoms with van der Waals surface area (Å²) in [6, 6.07) is 12.7. The molecule has 6 nitrogen and oxygen atoms in total. The minimum Gasteiger partial charge on any atom is -0.489 e. The van der Waals surface area contributed by atoms with Crippen molar-refractivity contribution in [2.75, 3.05) is 6.61 Å². The molecule has 2 rings (SSSR count). The van der Waals surface area contributed by atoms with Gasteiger partial charge in [-0.3, -0.25) is 10.1 Å². The van der Waals surface area contributed by atoms with Gasteiger partial charge >= 0.3 is 5.97 Å². The van der Waals surface area contributed by atoms with Crippen molar-refractivity contribution in [1.82, 2.24) is 0 Å². The smallest absolute Gasteiger partial charge is 0.335 e. The number of benzene rings is 2. The van der Waals surface area contributed by atoms with Gasteiger partial charge in [-0.25, -0.2) is 4.79 Å².